The van der Waals surface area contributed by atoms with Crippen LogP contribution in [0.1, 0.15) is 38.8 Å². The Labute approximate surface area is 252 Å². The summed E-state index contributed by atoms with van der Waals surface area (Å²) < 4.78 is 32.3. The number of hydrogen-bond donors (Lipinski definition) is 0. The highest BCUT2D eigenvalue weighted by Crippen LogP contribution is 2.38. The molecule has 0 aliphatic carbocycles. The summed E-state index contributed by atoms with van der Waals surface area (Å²) in [6.07, 6.45) is 0. The zero-order valence-electron chi connectivity index (χ0n) is 24.1. The van der Waals surface area contributed by atoms with Gasteiger partial charge in [0.25, 0.3) is 0 Å². The van der Waals surface area contributed by atoms with E-state index in [0.29, 0.717) is 59.1 Å². The van der Waals surface area contributed by atoms with Crippen LogP contribution in [0.5, 0.6) is 11.5 Å². The number of ether oxygens (including phenoxy) is 6. The molecule has 0 N–H and O–H groups in total. The van der Waals surface area contributed by atoms with Crippen LogP contribution in [0.4, 0.5) is 0 Å². The monoisotopic (exact) mass is 608 g/mol. The average molecular weight is 610 g/mol. The van der Waals surface area contributed by atoms with Crippen LogP contribution in [0.15, 0.2) is 60.7 Å². The SMILES string of the molecule is C=C(C)C(=O)OCCOCCOc1ccc(C(C)(C)c2ccc(OCCOCCOC(=O)C(=C)C)c(Cl)c2)cc1Cl. The molecule has 0 aliphatic heterocycles. The fraction of sp³-hybridized carbons (Fsp3) is 0.419. The Morgan fingerprint density at radius 3 is 1.37 bits per heavy atom. The number of halogens is 2. The molecule has 0 aromatic heterocycles. The van der Waals surface area contributed by atoms with Crippen molar-refractivity contribution < 1.29 is 38.0 Å². The number of rotatable bonds is 18. The van der Waals surface area contributed by atoms with Gasteiger partial charge < -0.3 is 28.4 Å². The molecule has 0 bridgehead atoms. The van der Waals surface area contributed by atoms with Gasteiger partial charge >= 0.3 is 11.9 Å². The quantitative estimate of drug-likeness (QED) is 0.110. The second-order valence-electron chi connectivity index (χ2n) is 9.67. The van der Waals surface area contributed by atoms with Gasteiger partial charge in [0.1, 0.15) is 37.9 Å². The van der Waals surface area contributed by atoms with Crippen molar-refractivity contribution in [2.24, 2.45) is 0 Å². The lowest BCUT2D eigenvalue weighted by atomic mass is 9.78. The smallest absolute Gasteiger partial charge is 0.333 e. The van der Waals surface area contributed by atoms with Crippen molar-refractivity contribution in [2.45, 2.75) is 33.1 Å². The van der Waals surface area contributed by atoms with Gasteiger partial charge in [-0.3, -0.25) is 0 Å². The second-order valence-corrected chi connectivity index (χ2v) is 10.5. The highest BCUT2D eigenvalue weighted by atomic mass is 35.5. The molecule has 0 heterocycles. The molecular weight excluding hydrogens is 571 g/mol. The first-order valence-corrected chi connectivity index (χ1v) is 13.9. The van der Waals surface area contributed by atoms with E-state index in [9.17, 15) is 9.59 Å². The van der Waals surface area contributed by atoms with E-state index in [1.807, 2.05) is 36.4 Å². The molecule has 0 amide bonds. The third-order valence-electron chi connectivity index (χ3n) is 5.90. The first kappa shape index (κ1) is 34.2. The number of esters is 2. The molecule has 0 radical (unpaired) electrons. The van der Waals surface area contributed by atoms with E-state index < -0.39 is 17.4 Å². The van der Waals surface area contributed by atoms with E-state index in [1.165, 1.54) is 0 Å². The van der Waals surface area contributed by atoms with E-state index in [-0.39, 0.29) is 26.4 Å². The van der Waals surface area contributed by atoms with Crippen molar-refractivity contribution >= 4 is 35.1 Å². The van der Waals surface area contributed by atoms with E-state index in [4.69, 9.17) is 51.6 Å². The Kier molecular flexibility index (Phi) is 14.2. The van der Waals surface area contributed by atoms with Crippen LogP contribution in [-0.4, -0.2) is 64.8 Å². The van der Waals surface area contributed by atoms with Crippen LogP contribution in [0, 0.1) is 0 Å². The summed E-state index contributed by atoms with van der Waals surface area (Å²) in [5.41, 5.74) is 2.25. The predicted molar refractivity (Wildman–Crippen MR) is 159 cm³/mol. The summed E-state index contributed by atoms with van der Waals surface area (Å²) >= 11 is 13.0. The fourth-order valence-electron chi connectivity index (χ4n) is 3.44. The third kappa shape index (κ3) is 11.4. The minimum Gasteiger partial charge on any atom is -0.490 e. The topological polar surface area (TPSA) is 89.5 Å². The Morgan fingerprint density at radius 1 is 0.659 bits per heavy atom. The molecule has 2 aromatic rings. The van der Waals surface area contributed by atoms with Crippen LogP contribution in [0.2, 0.25) is 10.0 Å². The molecule has 2 aromatic carbocycles. The highest BCUT2D eigenvalue weighted by Gasteiger charge is 2.25. The van der Waals surface area contributed by atoms with Gasteiger partial charge in [0.2, 0.25) is 0 Å². The summed E-state index contributed by atoms with van der Waals surface area (Å²) in [5, 5.41) is 0.956. The summed E-state index contributed by atoms with van der Waals surface area (Å²) in [4.78, 5) is 22.7. The van der Waals surface area contributed by atoms with Crippen LogP contribution < -0.4 is 9.47 Å². The normalized spacial score (nSPS) is 11.1. The van der Waals surface area contributed by atoms with Gasteiger partial charge in [-0.2, -0.15) is 0 Å². The van der Waals surface area contributed by atoms with Crippen molar-refractivity contribution in [2.75, 3.05) is 52.9 Å². The summed E-state index contributed by atoms with van der Waals surface area (Å²) in [7, 11) is 0. The Morgan fingerprint density at radius 2 is 1.02 bits per heavy atom. The van der Waals surface area contributed by atoms with Crippen LogP contribution in [0.25, 0.3) is 0 Å². The predicted octanol–water partition coefficient (Wildman–Crippen LogP) is 6.35. The first-order valence-electron chi connectivity index (χ1n) is 13.1. The number of carbonyl (C=O) groups excluding carboxylic acids is 2. The Hall–Kier alpha value is -3.04. The lowest BCUT2D eigenvalue weighted by Crippen LogP contribution is -2.19. The van der Waals surface area contributed by atoms with Gasteiger partial charge in [0.15, 0.2) is 0 Å². The molecule has 0 fully saturated rings. The van der Waals surface area contributed by atoms with Crippen LogP contribution >= 0.6 is 23.2 Å². The lowest BCUT2D eigenvalue weighted by Gasteiger charge is -2.27. The standard InChI is InChI=1S/C31H38Cl2O8/c1-21(2)29(34)40-17-13-36-11-15-38-27-9-7-23(19-25(27)32)31(5,6)24-8-10-28(26(33)20-24)39-16-12-37-14-18-41-30(35)22(3)4/h7-10,19-20H,1,3,11-18H2,2,4-6H3. The maximum atomic E-state index is 11.3. The van der Waals surface area contributed by atoms with Crippen molar-refractivity contribution in [3.63, 3.8) is 0 Å². The molecule has 0 atom stereocenters. The molecular formula is C31H38Cl2O8. The summed E-state index contributed by atoms with van der Waals surface area (Å²) in [6.45, 7) is 16.4. The molecule has 0 saturated heterocycles. The van der Waals surface area contributed by atoms with Gasteiger partial charge in [-0.05, 0) is 49.2 Å². The van der Waals surface area contributed by atoms with E-state index in [2.05, 4.69) is 27.0 Å². The van der Waals surface area contributed by atoms with Crippen molar-refractivity contribution in [3.05, 3.63) is 81.9 Å². The first-order chi connectivity index (χ1) is 19.4. The van der Waals surface area contributed by atoms with E-state index in [1.54, 1.807) is 13.8 Å². The summed E-state index contributed by atoms with van der Waals surface area (Å²) in [6, 6.07) is 11.3. The molecule has 41 heavy (non-hydrogen) atoms. The molecule has 2 rings (SSSR count). The number of benzene rings is 2. The fourth-order valence-corrected chi connectivity index (χ4v) is 3.91. The maximum absolute atomic E-state index is 11.3. The molecule has 8 nitrogen and oxygen atoms in total. The largest absolute Gasteiger partial charge is 0.490 e. The number of hydrogen-bond acceptors (Lipinski definition) is 8. The molecule has 224 valence electrons. The molecule has 0 unspecified atom stereocenters. The number of carbonyl (C=O) groups is 2. The van der Waals surface area contributed by atoms with Crippen molar-refractivity contribution in [3.8, 4) is 11.5 Å². The zero-order valence-corrected chi connectivity index (χ0v) is 25.6. The van der Waals surface area contributed by atoms with Crippen molar-refractivity contribution in [1.29, 1.82) is 0 Å². The van der Waals surface area contributed by atoms with Crippen LogP contribution in [-0.2, 0) is 34.0 Å². The third-order valence-corrected chi connectivity index (χ3v) is 6.49. The zero-order chi connectivity index (χ0) is 30.4. The van der Waals surface area contributed by atoms with Crippen molar-refractivity contribution in [1.82, 2.24) is 0 Å². The second kappa shape index (κ2) is 17.0. The maximum Gasteiger partial charge on any atom is 0.333 e. The lowest BCUT2D eigenvalue weighted by molar-refractivity contribution is -0.141. The van der Waals surface area contributed by atoms with Gasteiger partial charge in [-0.15, -0.1) is 0 Å². The van der Waals surface area contributed by atoms with E-state index >= 15 is 0 Å². The van der Waals surface area contributed by atoms with Gasteiger partial charge in [-0.1, -0.05) is 62.3 Å². The highest BCUT2D eigenvalue weighted by molar-refractivity contribution is 6.32. The minimum atomic E-state index is -0.440. The molecule has 0 spiro atoms. The van der Waals surface area contributed by atoms with Gasteiger partial charge in [-0.25, -0.2) is 9.59 Å². The summed E-state index contributed by atoms with van der Waals surface area (Å²) in [5.74, 6) is 0.207. The Balaban J connectivity index is 1.82. The molecule has 10 heteroatoms. The molecule has 0 aliphatic rings. The van der Waals surface area contributed by atoms with Gasteiger partial charge in [0.05, 0.1) is 36.5 Å². The Bertz CT molecular complexity index is 1120. The van der Waals surface area contributed by atoms with Crippen LogP contribution in [0.3, 0.4) is 0 Å². The van der Waals surface area contributed by atoms with Gasteiger partial charge in [0, 0.05) is 16.6 Å². The van der Waals surface area contributed by atoms with E-state index in [0.717, 1.165) is 11.1 Å². The minimum absolute atomic E-state index is 0.151. The molecule has 0 saturated carbocycles. The average Bonchev–Trinajstić information content (AvgIpc) is 2.92.